The van der Waals surface area contributed by atoms with E-state index in [9.17, 15) is 0 Å². The van der Waals surface area contributed by atoms with Crippen LogP contribution in [-0.4, -0.2) is 31.6 Å². The van der Waals surface area contributed by atoms with Gasteiger partial charge in [-0.2, -0.15) is 0 Å². The van der Waals surface area contributed by atoms with Crippen LogP contribution in [0.3, 0.4) is 0 Å². The van der Waals surface area contributed by atoms with Crippen molar-refractivity contribution in [3.63, 3.8) is 0 Å². The maximum Gasteiger partial charge on any atom is 0.0475 e. The lowest BCUT2D eigenvalue weighted by Gasteiger charge is -2.38. The Hall–Kier alpha value is -0.860. The summed E-state index contributed by atoms with van der Waals surface area (Å²) in [5, 5.41) is 3.48. The minimum absolute atomic E-state index is 0.464. The third-order valence-electron chi connectivity index (χ3n) is 3.68. The van der Waals surface area contributed by atoms with Crippen LogP contribution in [-0.2, 0) is 0 Å². The van der Waals surface area contributed by atoms with Crippen molar-refractivity contribution in [2.75, 3.05) is 20.6 Å². The summed E-state index contributed by atoms with van der Waals surface area (Å²) in [6, 6.07) is 11.9. The number of hydrogen-bond acceptors (Lipinski definition) is 2. The van der Waals surface area contributed by atoms with Gasteiger partial charge in [0.25, 0.3) is 0 Å². The molecule has 0 spiro atoms. The number of piperidine rings is 1. The Bertz CT molecular complexity index is 310. The second-order valence-electron chi connectivity index (χ2n) is 4.72. The van der Waals surface area contributed by atoms with Gasteiger partial charge in [0.05, 0.1) is 0 Å². The molecule has 1 heterocycles. The molecular weight excluding hydrogens is 196 g/mol. The lowest BCUT2D eigenvalue weighted by atomic mass is 9.91. The molecule has 0 unspecified atom stereocenters. The summed E-state index contributed by atoms with van der Waals surface area (Å²) in [6.45, 7) is 1.23. The van der Waals surface area contributed by atoms with Gasteiger partial charge in [-0.3, -0.25) is 0 Å². The lowest BCUT2D eigenvalue weighted by molar-refractivity contribution is 0.148. The fraction of sp³-hybridized carbons (Fsp3) is 0.571. The first-order chi connectivity index (χ1) is 7.83. The van der Waals surface area contributed by atoms with Crippen molar-refractivity contribution in [3.05, 3.63) is 35.9 Å². The molecule has 0 radical (unpaired) electrons. The highest BCUT2D eigenvalue weighted by atomic mass is 15.2. The summed E-state index contributed by atoms with van der Waals surface area (Å²) >= 11 is 0. The highest BCUT2D eigenvalue weighted by molar-refractivity contribution is 5.20. The zero-order chi connectivity index (χ0) is 11.4. The fourth-order valence-electron chi connectivity index (χ4n) is 2.76. The van der Waals surface area contributed by atoms with E-state index in [0.717, 1.165) is 0 Å². The molecule has 88 valence electrons. The van der Waals surface area contributed by atoms with Crippen LogP contribution in [0.15, 0.2) is 30.3 Å². The van der Waals surface area contributed by atoms with Crippen molar-refractivity contribution in [3.8, 4) is 0 Å². The molecule has 1 aromatic carbocycles. The maximum absolute atomic E-state index is 3.48. The van der Waals surface area contributed by atoms with Gasteiger partial charge in [-0.05, 0) is 39.0 Å². The Kier molecular flexibility index (Phi) is 3.97. The minimum Gasteiger partial charge on any atom is -0.312 e. The summed E-state index contributed by atoms with van der Waals surface area (Å²) in [5.74, 6) is 0. The molecule has 0 bridgehead atoms. The van der Waals surface area contributed by atoms with Crippen molar-refractivity contribution in [1.29, 1.82) is 0 Å². The molecule has 2 atom stereocenters. The van der Waals surface area contributed by atoms with E-state index in [4.69, 9.17) is 0 Å². The van der Waals surface area contributed by atoms with Gasteiger partial charge in [0, 0.05) is 12.1 Å². The highest BCUT2D eigenvalue weighted by Gasteiger charge is 2.27. The van der Waals surface area contributed by atoms with E-state index in [1.54, 1.807) is 0 Å². The van der Waals surface area contributed by atoms with Gasteiger partial charge < -0.3 is 10.2 Å². The van der Waals surface area contributed by atoms with Gasteiger partial charge in [-0.15, -0.1) is 0 Å². The Morgan fingerprint density at radius 1 is 1.25 bits per heavy atom. The number of benzene rings is 1. The van der Waals surface area contributed by atoms with E-state index < -0.39 is 0 Å². The molecule has 0 aromatic heterocycles. The summed E-state index contributed by atoms with van der Waals surface area (Å²) in [4.78, 5) is 2.50. The Balaban J connectivity index is 2.15. The highest BCUT2D eigenvalue weighted by Crippen LogP contribution is 2.27. The predicted molar refractivity (Wildman–Crippen MR) is 68.5 cm³/mol. The van der Waals surface area contributed by atoms with Gasteiger partial charge in [-0.1, -0.05) is 36.8 Å². The maximum atomic E-state index is 3.48. The van der Waals surface area contributed by atoms with Crippen LogP contribution in [0.1, 0.15) is 30.9 Å². The van der Waals surface area contributed by atoms with Crippen LogP contribution in [0.5, 0.6) is 0 Å². The van der Waals surface area contributed by atoms with E-state index >= 15 is 0 Å². The zero-order valence-electron chi connectivity index (χ0n) is 10.3. The van der Waals surface area contributed by atoms with E-state index in [2.05, 4.69) is 54.6 Å². The Morgan fingerprint density at radius 2 is 2.00 bits per heavy atom. The van der Waals surface area contributed by atoms with Gasteiger partial charge in [-0.25, -0.2) is 0 Å². The first-order valence-electron chi connectivity index (χ1n) is 6.25. The average molecular weight is 218 g/mol. The van der Waals surface area contributed by atoms with Crippen LogP contribution >= 0.6 is 0 Å². The SMILES string of the molecule is CN[C@@H](c1ccccc1)[C@@H]1CCCCN1C. The van der Waals surface area contributed by atoms with Crippen LogP contribution in [0.4, 0.5) is 0 Å². The van der Waals surface area contributed by atoms with E-state index in [0.29, 0.717) is 12.1 Å². The Morgan fingerprint density at radius 3 is 2.62 bits per heavy atom. The molecule has 2 nitrogen and oxygen atoms in total. The van der Waals surface area contributed by atoms with Crippen molar-refractivity contribution in [1.82, 2.24) is 10.2 Å². The molecule has 0 saturated carbocycles. The molecule has 2 heteroatoms. The number of likely N-dealkylation sites (tertiary alicyclic amines) is 1. The third-order valence-corrected chi connectivity index (χ3v) is 3.68. The van der Waals surface area contributed by atoms with Gasteiger partial charge in [0.15, 0.2) is 0 Å². The summed E-state index contributed by atoms with van der Waals surface area (Å²) in [5.41, 5.74) is 1.41. The molecule has 1 aliphatic heterocycles. The topological polar surface area (TPSA) is 15.3 Å². The summed E-state index contributed by atoms with van der Waals surface area (Å²) in [6.07, 6.45) is 4.01. The smallest absolute Gasteiger partial charge is 0.0475 e. The third kappa shape index (κ3) is 2.45. The molecule has 2 rings (SSSR count). The number of nitrogens with one attached hydrogen (secondary N) is 1. The van der Waals surface area contributed by atoms with Gasteiger partial charge >= 0.3 is 0 Å². The number of rotatable bonds is 3. The normalized spacial score (nSPS) is 24.2. The van der Waals surface area contributed by atoms with Crippen LogP contribution in [0.2, 0.25) is 0 Å². The molecule has 1 aliphatic rings. The number of hydrogen-bond donors (Lipinski definition) is 1. The van der Waals surface area contributed by atoms with E-state index in [1.807, 2.05) is 0 Å². The Labute approximate surface area is 98.7 Å². The van der Waals surface area contributed by atoms with Crippen molar-refractivity contribution < 1.29 is 0 Å². The summed E-state index contributed by atoms with van der Waals surface area (Å²) < 4.78 is 0. The minimum atomic E-state index is 0.464. The number of nitrogens with zero attached hydrogens (tertiary/aromatic N) is 1. The molecule has 0 amide bonds. The van der Waals surface area contributed by atoms with Crippen LogP contribution in [0.25, 0.3) is 0 Å². The number of likely N-dealkylation sites (N-methyl/N-ethyl adjacent to an activating group) is 2. The lowest BCUT2D eigenvalue weighted by Crippen LogP contribution is -2.44. The molecule has 0 aliphatic carbocycles. The van der Waals surface area contributed by atoms with Gasteiger partial charge in [0.1, 0.15) is 0 Å². The quantitative estimate of drug-likeness (QED) is 0.838. The van der Waals surface area contributed by atoms with Crippen molar-refractivity contribution >= 4 is 0 Å². The fourth-order valence-corrected chi connectivity index (χ4v) is 2.76. The zero-order valence-corrected chi connectivity index (χ0v) is 10.3. The second kappa shape index (κ2) is 5.46. The van der Waals surface area contributed by atoms with E-state index in [-0.39, 0.29) is 0 Å². The first kappa shape index (κ1) is 11.6. The van der Waals surface area contributed by atoms with Gasteiger partial charge in [0.2, 0.25) is 0 Å². The van der Waals surface area contributed by atoms with E-state index in [1.165, 1.54) is 31.4 Å². The van der Waals surface area contributed by atoms with Crippen molar-refractivity contribution in [2.45, 2.75) is 31.3 Å². The molecular formula is C14H22N2. The van der Waals surface area contributed by atoms with Crippen LogP contribution < -0.4 is 5.32 Å². The largest absolute Gasteiger partial charge is 0.312 e. The van der Waals surface area contributed by atoms with Crippen molar-refractivity contribution in [2.24, 2.45) is 0 Å². The molecule has 16 heavy (non-hydrogen) atoms. The molecule has 1 N–H and O–H groups in total. The average Bonchev–Trinajstić information content (AvgIpc) is 2.34. The molecule has 1 aromatic rings. The summed E-state index contributed by atoms with van der Waals surface area (Å²) in [7, 11) is 4.32. The first-order valence-corrected chi connectivity index (χ1v) is 6.25. The molecule has 1 fully saturated rings. The monoisotopic (exact) mass is 218 g/mol. The predicted octanol–water partition coefficient (Wildman–Crippen LogP) is 2.43. The van der Waals surface area contributed by atoms with Crippen LogP contribution in [0, 0.1) is 0 Å². The second-order valence-corrected chi connectivity index (χ2v) is 4.72. The standard InChI is InChI=1S/C14H22N2/c1-15-14(12-8-4-3-5-9-12)13-10-6-7-11-16(13)2/h3-5,8-9,13-15H,6-7,10-11H2,1-2H3/t13-,14-/m0/s1. The molecule has 1 saturated heterocycles.